The average Bonchev–Trinajstić information content (AvgIpc) is 2.32. The SMILES string of the molecule is CC1CN(C(=O)c2c(F)cccc2Cl)CCC1O. The number of nitrogens with zero attached hydrogens (tertiary/aromatic N) is 1. The van der Waals surface area contributed by atoms with E-state index in [0.29, 0.717) is 19.5 Å². The van der Waals surface area contributed by atoms with Gasteiger partial charge in [0.05, 0.1) is 16.7 Å². The van der Waals surface area contributed by atoms with E-state index in [-0.39, 0.29) is 16.5 Å². The lowest BCUT2D eigenvalue weighted by atomic mass is 9.96. The lowest BCUT2D eigenvalue weighted by Crippen LogP contribution is -2.45. The minimum absolute atomic E-state index is 0.00625. The third kappa shape index (κ3) is 2.49. The number of hydrogen-bond donors (Lipinski definition) is 1. The Balaban J connectivity index is 2.22. The van der Waals surface area contributed by atoms with Gasteiger partial charge in [-0.05, 0) is 24.5 Å². The number of amides is 1. The van der Waals surface area contributed by atoms with Gasteiger partial charge in [-0.25, -0.2) is 4.39 Å². The Morgan fingerprint density at radius 2 is 2.28 bits per heavy atom. The summed E-state index contributed by atoms with van der Waals surface area (Å²) in [5, 5.41) is 9.74. The maximum Gasteiger partial charge on any atom is 0.258 e. The highest BCUT2D eigenvalue weighted by Gasteiger charge is 2.29. The third-order valence-electron chi connectivity index (χ3n) is 3.32. The van der Waals surface area contributed by atoms with E-state index in [2.05, 4.69) is 0 Å². The van der Waals surface area contributed by atoms with Crippen LogP contribution in [0, 0.1) is 11.7 Å². The maximum absolute atomic E-state index is 13.6. The summed E-state index contributed by atoms with van der Waals surface area (Å²) >= 11 is 5.87. The van der Waals surface area contributed by atoms with Crippen LogP contribution in [0.25, 0.3) is 0 Å². The summed E-state index contributed by atoms with van der Waals surface area (Å²) < 4.78 is 13.6. The van der Waals surface area contributed by atoms with Gasteiger partial charge in [0.2, 0.25) is 0 Å². The monoisotopic (exact) mass is 271 g/mol. The molecule has 18 heavy (non-hydrogen) atoms. The molecule has 2 unspecified atom stereocenters. The van der Waals surface area contributed by atoms with E-state index in [1.165, 1.54) is 18.2 Å². The first kappa shape index (κ1) is 13.3. The highest BCUT2D eigenvalue weighted by molar-refractivity contribution is 6.33. The molecule has 0 bridgehead atoms. The zero-order chi connectivity index (χ0) is 13.3. The van der Waals surface area contributed by atoms with Crippen LogP contribution in [-0.4, -0.2) is 35.1 Å². The molecule has 1 amide bonds. The van der Waals surface area contributed by atoms with Crippen LogP contribution >= 0.6 is 11.6 Å². The van der Waals surface area contributed by atoms with Crippen molar-refractivity contribution >= 4 is 17.5 Å². The summed E-state index contributed by atoms with van der Waals surface area (Å²) in [4.78, 5) is 13.8. The minimum atomic E-state index is -0.605. The van der Waals surface area contributed by atoms with Gasteiger partial charge in [0.15, 0.2) is 0 Å². The van der Waals surface area contributed by atoms with Crippen LogP contribution < -0.4 is 0 Å². The molecule has 1 saturated heterocycles. The number of rotatable bonds is 1. The Bertz CT molecular complexity index is 446. The summed E-state index contributed by atoms with van der Waals surface area (Å²) in [6, 6.07) is 4.19. The predicted molar refractivity (Wildman–Crippen MR) is 67.1 cm³/mol. The van der Waals surface area contributed by atoms with E-state index in [1.807, 2.05) is 6.92 Å². The lowest BCUT2D eigenvalue weighted by Gasteiger charge is -2.34. The van der Waals surface area contributed by atoms with Gasteiger partial charge in [0, 0.05) is 13.1 Å². The molecule has 2 rings (SSSR count). The van der Waals surface area contributed by atoms with Crippen molar-refractivity contribution in [2.24, 2.45) is 5.92 Å². The lowest BCUT2D eigenvalue weighted by molar-refractivity contribution is 0.0295. The molecule has 2 atom stereocenters. The number of likely N-dealkylation sites (tertiary alicyclic amines) is 1. The summed E-state index contributed by atoms with van der Waals surface area (Å²) in [6.45, 7) is 2.72. The molecular formula is C13H15ClFNO2. The number of carbonyl (C=O) groups excluding carboxylic acids is 1. The molecule has 0 spiro atoms. The Kier molecular flexibility index (Phi) is 3.88. The van der Waals surface area contributed by atoms with Crippen molar-refractivity contribution in [3.63, 3.8) is 0 Å². The fourth-order valence-electron chi connectivity index (χ4n) is 2.18. The number of benzene rings is 1. The number of aliphatic hydroxyl groups is 1. The van der Waals surface area contributed by atoms with Gasteiger partial charge in [0.1, 0.15) is 5.82 Å². The number of piperidine rings is 1. The highest BCUT2D eigenvalue weighted by Crippen LogP contribution is 2.24. The van der Waals surface area contributed by atoms with Crippen molar-refractivity contribution in [3.8, 4) is 0 Å². The van der Waals surface area contributed by atoms with E-state index in [1.54, 1.807) is 4.90 Å². The summed E-state index contributed by atoms with van der Waals surface area (Å²) in [5.74, 6) is -1.02. The molecule has 1 aliphatic heterocycles. The van der Waals surface area contributed by atoms with E-state index in [9.17, 15) is 14.3 Å². The summed E-state index contributed by atoms with van der Waals surface area (Å²) in [5.41, 5.74) is -0.0808. The van der Waals surface area contributed by atoms with Crippen LogP contribution in [-0.2, 0) is 0 Å². The second-order valence-corrected chi connectivity index (χ2v) is 5.09. The van der Waals surface area contributed by atoms with Crippen molar-refractivity contribution in [3.05, 3.63) is 34.6 Å². The van der Waals surface area contributed by atoms with E-state index < -0.39 is 17.8 Å². The van der Waals surface area contributed by atoms with Crippen LogP contribution in [0.2, 0.25) is 5.02 Å². The molecule has 1 heterocycles. The Labute approximate surface area is 110 Å². The van der Waals surface area contributed by atoms with Gasteiger partial charge in [-0.1, -0.05) is 24.6 Å². The minimum Gasteiger partial charge on any atom is -0.393 e. The Morgan fingerprint density at radius 3 is 2.89 bits per heavy atom. The van der Waals surface area contributed by atoms with Gasteiger partial charge in [-0.15, -0.1) is 0 Å². The zero-order valence-corrected chi connectivity index (χ0v) is 10.8. The second kappa shape index (κ2) is 5.24. The average molecular weight is 272 g/mol. The third-order valence-corrected chi connectivity index (χ3v) is 3.64. The van der Waals surface area contributed by atoms with Crippen LogP contribution in [0.15, 0.2) is 18.2 Å². The molecule has 3 nitrogen and oxygen atoms in total. The Hall–Kier alpha value is -1.13. The molecule has 1 N–H and O–H groups in total. The molecule has 98 valence electrons. The molecule has 1 fully saturated rings. The van der Waals surface area contributed by atoms with Gasteiger partial charge < -0.3 is 10.0 Å². The molecule has 1 aromatic carbocycles. The van der Waals surface area contributed by atoms with Crippen LogP contribution in [0.5, 0.6) is 0 Å². The smallest absolute Gasteiger partial charge is 0.258 e. The quantitative estimate of drug-likeness (QED) is 0.852. The highest BCUT2D eigenvalue weighted by atomic mass is 35.5. The molecule has 0 aliphatic carbocycles. The first-order chi connectivity index (χ1) is 8.50. The van der Waals surface area contributed by atoms with E-state index >= 15 is 0 Å². The van der Waals surface area contributed by atoms with Gasteiger partial charge in [-0.3, -0.25) is 4.79 Å². The van der Waals surface area contributed by atoms with Crippen molar-refractivity contribution in [2.45, 2.75) is 19.4 Å². The van der Waals surface area contributed by atoms with Crippen molar-refractivity contribution < 1.29 is 14.3 Å². The number of aliphatic hydroxyl groups excluding tert-OH is 1. The van der Waals surface area contributed by atoms with Crippen molar-refractivity contribution in [1.29, 1.82) is 0 Å². The number of halogens is 2. The zero-order valence-electron chi connectivity index (χ0n) is 10.1. The molecule has 1 aliphatic rings. The standard InChI is InChI=1S/C13H15ClFNO2/c1-8-7-16(6-5-11(8)17)13(18)12-9(14)3-2-4-10(12)15/h2-4,8,11,17H,5-7H2,1H3. The van der Waals surface area contributed by atoms with Gasteiger partial charge in [0.25, 0.3) is 5.91 Å². The second-order valence-electron chi connectivity index (χ2n) is 4.68. The van der Waals surface area contributed by atoms with Crippen molar-refractivity contribution in [2.75, 3.05) is 13.1 Å². The summed E-state index contributed by atoms with van der Waals surface area (Å²) in [7, 11) is 0. The van der Waals surface area contributed by atoms with E-state index in [4.69, 9.17) is 11.6 Å². The number of carbonyl (C=O) groups is 1. The fraction of sp³-hybridized carbons (Fsp3) is 0.462. The molecule has 0 radical (unpaired) electrons. The van der Waals surface area contributed by atoms with Crippen LogP contribution in [0.3, 0.4) is 0 Å². The van der Waals surface area contributed by atoms with Crippen LogP contribution in [0.1, 0.15) is 23.7 Å². The topological polar surface area (TPSA) is 40.5 Å². The van der Waals surface area contributed by atoms with Gasteiger partial charge in [-0.2, -0.15) is 0 Å². The van der Waals surface area contributed by atoms with Crippen molar-refractivity contribution in [1.82, 2.24) is 4.90 Å². The van der Waals surface area contributed by atoms with Gasteiger partial charge >= 0.3 is 0 Å². The fourth-order valence-corrected chi connectivity index (χ4v) is 2.42. The first-order valence-electron chi connectivity index (χ1n) is 5.92. The molecule has 1 aromatic rings. The molecule has 0 saturated carbocycles. The maximum atomic E-state index is 13.6. The Morgan fingerprint density at radius 1 is 1.56 bits per heavy atom. The predicted octanol–water partition coefficient (Wildman–Crippen LogP) is 2.32. The molecule has 0 aromatic heterocycles. The largest absolute Gasteiger partial charge is 0.393 e. The van der Waals surface area contributed by atoms with E-state index in [0.717, 1.165) is 0 Å². The number of hydrogen-bond acceptors (Lipinski definition) is 2. The first-order valence-corrected chi connectivity index (χ1v) is 6.30. The normalized spacial score (nSPS) is 24.1. The van der Waals surface area contributed by atoms with Crippen LogP contribution in [0.4, 0.5) is 4.39 Å². The summed E-state index contributed by atoms with van der Waals surface area (Å²) in [6.07, 6.45) is 0.115. The molecular weight excluding hydrogens is 257 g/mol. The molecule has 5 heteroatoms.